The fraction of sp³-hybridized carbons (Fsp3) is 0.550. The number of nitrogens with zero attached hydrogens (tertiary/aromatic N) is 5. The van der Waals surface area contributed by atoms with Crippen LogP contribution in [0.5, 0.6) is 0 Å². The fourth-order valence-electron chi connectivity index (χ4n) is 3.51. The van der Waals surface area contributed by atoms with Gasteiger partial charge in [-0.1, -0.05) is 44.2 Å². The number of carbonyl (C=O) groups excluding carboxylic acids is 1. The molecule has 0 unspecified atom stereocenters. The van der Waals surface area contributed by atoms with Crippen LogP contribution in [0.4, 0.5) is 0 Å². The molecule has 7 nitrogen and oxygen atoms in total. The molecule has 2 aromatic rings. The first kappa shape index (κ1) is 19.5. The van der Waals surface area contributed by atoms with E-state index in [4.69, 9.17) is 9.72 Å². The maximum Gasteiger partial charge on any atom is 0.237 e. The van der Waals surface area contributed by atoms with Crippen LogP contribution in [0.2, 0.25) is 0 Å². The SMILES string of the molecule is COCCN(C)CC(=O)N1CCn2nc(-c3ccccc3)nc2[C@@H]1C(C)C. The summed E-state index contributed by atoms with van der Waals surface area (Å²) >= 11 is 0. The second kappa shape index (κ2) is 8.63. The number of rotatable bonds is 7. The highest BCUT2D eigenvalue weighted by Gasteiger charge is 2.36. The minimum atomic E-state index is -0.0629. The van der Waals surface area contributed by atoms with Crippen molar-refractivity contribution in [3.8, 4) is 11.4 Å². The summed E-state index contributed by atoms with van der Waals surface area (Å²) in [7, 11) is 3.62. The molecule has 1 aromatic heterocycles. The third-order valence-electron chi connectivity index (χ3n) is 4.92. The first-order chi connectivity index (χ1) is 13.0. The highest BCUT2D eigenvalue weighted by Crippen LogP contribution is 2.32. The zero-order chi connectivity index (χ0) is 19.4. The van der Waals surface area contributed by atoms with Crippen LogP contribution in [0, 0.1) is 5.92 Å². The Kier molecular flexibility index (Phi) is 6.23. The van der Waals surface area contributed by atoms with Crippen LogP contribution < -0.4 is 0 Å². The van der Waals surface area contributed by atoms with Gasteiger partial charge in [-0.15, -0.1) is 0 Å². The van der Waals surface area contributed by atoms with Gasteiger partial charge in [-0.25, -0.2) is 9.67 Å². The van der Waals surface area contributed by atoms with Crippen molar-refractivity contribution < 1.29 is 9.53 Å². The van der Waals surface area contributed by atoms with Gasteiger partial charge < -0.3 is 9.64 Å². The molecule has 1 aliphatic heterocycles. The van der Waals surface area contributed by atoms with E-state index in [0.29, 0.717) is 26.2 Å². The molecule has 0 aliphatic carbocycles. The number of hydrogen-bond acceptors (Lipinski definition) is 5. The summed E-state index contributed by atoms with van der Waals surface area (Å²) in [5, 5.41) is 4.69. The van der Waals surface area contributed by atoms with Crippen LogP contribution >= 0.6 is 0 Å². The summed E-state index contributed by atoms with van der Waals surface area (Å²) < 4.78 is 7.07. The largest absolute Gasteiger partial charge is 0.383 e. The fourth-order valence-corrected chi connectivity index (χ4v) is 3.51. The van der Waals surface area contributed by atoms with E-state index in [2.05, 4.69) is 18.9 Å². The zero-order valence-corrected chi connectivity index (χ0v) is 16.6. The first-order valence-electron chi connectivity index (χ1n) is 9.48. The number of ether oxygens (including phenoxy) is 1. The third kappa shape index (κ3) is 4.36. The molecule has 0 saturated carbocycles. The lowest BCUT2D eigenvalue weighted by atomic mass is 9.99. The molecule has 27 heavy (non-hydrogen) atoms. The summed E-state index contributed by atoms with van der Waals surface area (Å²) in [5.74, 6) is 1.98. The first-order valence-corrected chi connectivity index (χ1v) is 9.48. The van der Waals surface area contributed by atoms with Gasteiger partial charge in [0.25, 0.3) is 0 Å². The smallest absolute Gasteiger partial charge is 0.237 e. The highest BCUT2D eigenvalue weighted by atomic mass is 16.5. The number of likely N-dealkylation sites (N-methyl/N-ethyl adjacent to an activating group) is 1. The van der Waals surface area contributed by atoms with Crippen LogP contribution in [0.25, 0.3) is 11.4 Å². The van der Waals surface area contributed by atoms with Crippen LogP contribution in [-0.2, 0) is 16.1 Å². The molecule has 0 saturated heterocycles. The Morgan fingerprint density at radius 2 is 2.04 bits per heavy atom. The highest BCUT2D eigenvalue weighted by molar-refractivity contribution is 5.79. The Morgan fingerprint density at radius 3 is 2.70 bits per heavy atom. The van der Waals surface area contributed by atoms with Gasteiger partial charge in [0.05, 0.1) is 25.7 Å². The van der Waals surface area contributed by atoms with Crippen LogP contribution in [-0.4, -0.2) is 70.9 Å². The molecule has 2 heterocycles. The van der Waals surface area contributed by atoms with Gasteiger partial charge in [-0.3, -0.25) is 9.69 Å². The Bertz CT molecular complexity index is 759. The molecule has 3 rings (SSSR count). The maximum absolute atomic E-state index is 13.0. The Hall–Kier alpha value is -2.25. The standard InChI is InChI=1S/C20H29N5O2/c1-15(2)18-20-21-19(16-8-6-5-7-9-16)22-25(20)11-10-24(18)17(26)14-23(3)12-13-27-4/h5-9,15,18H,10-14H2,1-4H3/t18-/m0/s1. The quantitative estimate of drug-likeness (QED) is 0.745. The van der Waals surface area contributed by atoms with Gasteiger partial charge >= 0.3 is 0 Å². The van der Waals surface area contributed by atoms with E-state index in [9.17, 15) is 4.79 Å². The van der Waals surface area contributed by atoms with E-state index in [0.717, 1.165) is 23.8 Å². The minimum Gasteiger partial charge on any atom is -0.383 e. The molecule has 1 aromatic carbocycles. The second-order valence-electron chi connectivity index (χ2n) is 7.39. The number of amides is 1. The van der Waals surface area contributed by atoms with Crippen molar-refractivity contribution in [3.63, 3.8) is 0 Å². The number of aromatic nitrogens is 3. The molecule has 146 valence electrons. The molecule has 0 bridgehead atoms. The van der Waals surface area contributed by atoms with Crippen molar-refractivity contribution in [3.05, 3.63) is 36.2 Å². The minimum absolute atomic E-state index is 0.0629. The Labute approximate surface area is 160 Å². The molecule has 1 amide bonds. The van der Waals surface area contributed by atoms with Crippen LogP contribution in [0.15, 0.2) is 30.3 Å². The Balaban J connectivity index is 1.82. The van der Waals surface area contributed by atoms with Crippen molar-refractivity contribution in [1.82, 2.24) is 24.6 Å². The van der Waals surface area contributed by atoms with Crippen molar-refractivity contribution in [1.29, 1.82) is 0 Å². The molecule has 1 atom stereocenters. The summed E-state index contributed by atoms with van der Waals surface area (Å²) in [6, 6.07) is 9.92. The molecule has 0 spiro atoms. The van der Waals surface area contributed by atoms with Gasteiger partial charge in [0.2, 0.25) is 5.91 Å². The van der Waals surface area contributed by atoms with Crippen molar-refractivity contribution in [2.24, 2.45) is 5.92 Å². The average Bonchev–Trinajstić information content (AvgIpc) is 3.10. The van der Waals surface area contributed by atoms with E-state index in [1.165, 1.54) is 0 Å². The molecule has 0 N–H and O–H groups in total. The van der Waals surface area contributed by atoms with Crippen molar-refractivity contribution in [2.45, 2.75) is 26.4 Å². The second-order valence-corrected chi connectivity index (χ2v) is 7.39. The number of carbonyl (C=O) groups is 1. The molecular weight excluding hydrogens is 342 g/mol. The lowest BCUT2D eigenvalue weighted by Gasteiger charge is -2.38. The summed E-state index contributed by atoms with van der Waals surface area (Å²) in [6.45, 7) is 7.32. The molecule has 0 fully saturated rings. The number of benzene rings is 1. The normalized spacial score (nSPS) is 16.8. The lowest BCUT2D eigenvalue weighted by molar-refractivity contribution is -0.137. The van der Waals surface area contributed by atoms with Crippen molar-refractivity contribution >= 4 is 5.91 Å². The Morgan fingerprint density at radius 1 is 1.30 bits per heavy atom. The van der Waals surface area contributed by atoms with E-state index < -0.39 is 0 Å². The molecule has 1 aliphatic rings. The monoisotopic (exact) mass is 371 g/mol. The maximum atomic E-state index is 13.0. The lowest BCUT2D eigenvalue weighted by Crippen LogP contribution is -2.48. The number of methoxy groups -OCH3 is 1. The predicted octanol–water partition coefficient (Wildman–Crippen LogP) is 2.06. The van der Waals surface area contributed by atoms with Crippen LogP contribution in [0.1, 0.15) is 25.7 Å². The van der Waals surface area contributed by atoms with E-state index >= 15 is 0 Å². The van der Waals surface area contributed by atoms with Gasteiger partial charge in [0.15, 0.2) is 11.6 Å². The van der Waals surface area contributed by atoms with Crippen molar-refractivity contribution in [2.75, 3.05) is 40.4 Å². The molecular formula is C20H29N5O2. The molecule has 7 heteroatoms. The van der Waals surface area contributed by atoms with E-state index in [-0.39, 0.29) is 17.9 Å². The topological polar surface area (TPSA) is 63.5 Å². The summed E-state index contributed by atoms with van der Waals surface area (Å²) in [6.07, 6.45) is 0. The van der Waals surface area contributed by atoms with Gasteiger partial charge in [-0.05, 0) is 13.0 Å². The number of fused-ring (bicyclic) bond motifs is 1. The third-order valence-corrected chi connectivity index (χ3v) is 4.92. The van der Waals surface area contributed by atoms with E-state index in [1.807, 2.05) is 51.9 Å². The summed E-state index contributed by atoms with van der Waals surface area (Å²) in [5.41, 5.74) is 0.999. The van der Waals surface area contributed by atoms with Crippen LogP contribution in [0.3, 0.4) is 0 Å². The average molecular weight is 371 g/mol. The van der Waals surface area contributed by atoms with Gasteiger partial charge in [-0.2, -0.15) is 5.10 Å². The number of hydrogen-bond donors (Lipinski definition) is 0. The summed E-state index contributed by atoms with van der Waals surface area (Å²) in [4.78, 5) is 21.7. The predicted molar refractivity (Wildman–Crippen MR) is 104 cm³/mol. The van der Waals surface area contributed by atoms with Gasteiger partial charge in [0, 0.05) is 25.8 Å². The molecule has 0 radical (unpaired) electrons. The zero-order valence-electron chi connectivity index (χ0n) is 16.6. The van der Waals surface area contributed by atoms with E-state index in [1.54, 1.807) is 7.11 Å². The van der Waals surface area contributed by atoms with Gasteiger partial charge in [0.1, 0.15) is 0 Å².